The van der Waals surface area contributed by atoms with E-state index in [1.807, 2.05) is 6.07 Å². The lowest BCUT2D eigenvalue weighted by molar-refractivity contribution is 0.137. The summed E-state index contributed by atoms with van der Waals surface area (Å²) in [5.74, 6) is -0.751. The van der Waals surface area contributed by atoms with Crippen molar-refractivity contribution >= 4 is 19.9 Å². The highest BCUT2D eigenvalue weighted by Crippen LogP contribution is 2.26. The molecule has 0 amide bonds. The first-order valence-electron chi connectivity index (χ1n) is 6.48. The molecule has 1 aliphatic heterocycles. The van der Waals surface area contributed by atoms with E-state index in [1.54, 1.807) is 26.0 Å². The summed E-state index contributed by atoms with van der Waals surface area (Å²) < 4.78 is 49.4. The molecular formula is C13H19NO5S2. The van der Waals surface area contributed by atoms with Gasteiger partial charge < -0.3 is 5.11 Å². The Kier molecular flexibility index (Phi) is 4.18. The maximum absolute atomic E-state index is 12.7. The number of aryl methyl sites for hydroxylation is 2. The van der Waals surface area contributed by atoms with Crippen LogP contribution in [-0.4, -0.2) is 56.9 Å². The van der Waals surface area contributed by atoms with E-state index in [0.717, 1.165) is 9.87 Å². The number of nitrogens with zero attached hydrogens (tertiary/aromatic N) is 1. The van der Waals surface area contributed by atoms with Gasteiger partial charge in [0.2, 0.25) is 10.0 Å². The summed E-state index contributed by atoms with van der Waals surface area (Å²) in [6.07, 6.45) is -1.19. The molecular weight excluding hydrogens is 314 g/mol. The van der Waals surface area contributed by atoms with E-state index >= 15 is 0 Å². The average molecular weight is 333 g/mol. The van der Waals surface area contributed by atoms with Crippen LogP contribution in [0.2, 0.25) is 0 Å². The molecule has 1 heterocycles. The molecule has 1 aromatic carbocycles. The van der Waals surface area contributed by atoms with Crippen molar-refractivity contribution in [3.8, 4) is 0 Å². The van der Waals surface area contributed by atoms with Gasteiger partial charge in [-0.1, -0.05) is 12.1 Å². The maximum Gasteiger partial charge on any atom is 0.243 e. The van der Waals surface area contributed by atoms with Gasteiger partial charge in [-0.3, -0.25) is 0 Å². The molecule has 0 aromatic heterocycles. The lowest BCUT2D eigenvalue weighted by Gasteiger charge is -2.26. The highest BCUT2D eigenvalue weighted by Gasteiger charge is 2.43. The molecule has 0 radical (unpaired) electrons. The Balaban J connectivity index is 2.42. The van der Waals surface area contributed by atoms with E-state index in [1.165, 1.54) is 7.05 Å². The van der Waals surface area contributed by atoms with Gasteiger partial charge in [-0.25, -0.2) is 16.8 Å². The minimum atomic E-state index is -3.85. The van der Waals surface area contributed by atoms with Crippen molar-refractivity contribution in [1.29, 1.82) is 0 Å². The normalized spacial score (nSPS) is 25.4. The molecule has 1 fully saturated rings. The molecule has 6 nitrogen and oxygen atoms in total. The second-order valence-electron chi connectivity index (χ2n) is 5.50. The van der Waals surface area contributed by atoms with Crippen LogP contribution in [0.3, 0.4) is 0 Å². The molecule has 0 bridgehead atoms. The fraction of sp³-hybridized carbons (Fsp3) is 0.538. The molecule has 0 spiro atoms. The topological polar surface area (TPSA) is 91.8 Å². The summed E-state index contributed by atoms with van der Waals surface area (Å²) >= 11 is 0. The zero-order valence-electron chi connectivity index (χ0n) is 12.1. The van der Waals surface area contributed by atoms with Gasteiger partial charge in [0.15, 0.2) is 9.84 Å². The van der Waals surface area contributed by atoms with Gasteiger partial charge >= 0.3 is 0 Å². The first-order chi connectivity index (χ1) is 9.54. The first-order valence-corrected chi connectivity index (χ1v) is 9.74. The molecule has 0 aliphatic carbocycles. The summed E-state index contributed by atoms with van der Waals surface area (Å²) in [4.78, 5) is 0.140. The van der Waals surface area contributed by atoms with Crippen LogP contribution in [0.1, 0.15) is 11.1 Å². The van der Waals surface area contributed by atoms with Gasteiger partial charge in [-0.2, -0.15) is 4.31 Å². The molecule has 0 unspecified atom stereocenters. The third-order valence-electron chi connectivity index (χ3n) is 3.76. The standard InChI is InChI=1S/C13H19NO5S2/c1-9-4-5-10(2)13(6-9)21(18,19)14(3)11-7-20(16,17)8-12(11)15/h4-6,11-12,15H,7-8H2,1-3H3/t11-,12+/m0/s1. The van der Waals surface area contributed by atoms with Gasteiger partial charge in [0, 0.05) is 7.05 Å². The summed E-state index contributed by atoms with van der Waals surface area (Å²) in [5, 5.41) is 9.84. The third-order valence-corrected chi connectivity index (χ3v) is 7.48. The smallest absolute Gasteiger partial charge is 0.243 e. The molecule has 1 N–H and O–H groups in total. The minimum absolute atomic E-state index is 0.140. The highest BCUT2D eigenvalue weighted by molar-refractivity contribution is 7.92. The van der Waals surface area contributed by atoms with Crippen molar-refractivity contribution in [3.63, 3.8) is 0 Å². The largest absolute Gasteiger partial charge is 0.390 e. The van der Waals surface area contributed by atoms with Gasteiger partial charge in [0.25, 0.3) is 0 Å². The van der Waals surface area contributed by atoms with Crippen LogP contribution in [0.15, 0.2) is 23.1 Å². The Labute approximate surface area is 125 Å². The lowest BCUT2D eigenvalue weighted by atomic mass is 10.2. The van der Waals surface area contributed by atoms with Crippen molar-refractivity contribution in [3.05, 3.63) is 29.3 Å². The predicted octanol–water partition coefficient (Wildman–Crippen LogP) is 0.0818. The summed E-state index contributed by atoms with van der Waals surface area (Å²) in [6.45, 7) is 3.47. The summed E-state index contributed by atoms with van der Waals surface area (Å²) in [6, 6.07) is 4.12. The number of likely N-dealkylation sites (N-methyl/N-ethyl adjacent to an activating group) is 1. The van der Waals surface area contributed by atoms with Crippen LogP contribution in [0.25, 0.3) is 0 Å². The quantitative estimate of drug-likeness (QED) is 0.846. The van der Waals surface area contributed by atoms with Crippen LogP contribution in [0.5, 0.6) is 0 Å². The number of aliphatic hydroxyl groups is 1. The maximum atomic E-state index is 12.7. The molecule has 21 heavy (non-hydrogen) atoms. The Morgan fingerprint density at radius 3 is 2.38 bits per heavy atom. The second kappa shape index (κ2) is 5.35. The van der Waals surface area contributed by atoms with Gasteiger partial charge in [-0.15, -0.1) is 0 Å². The Morgan fingerprint density at radius 1 is 1.24 bits per heavy atom. The second-order valence-corrected chi connectivity index (χ2v) is 9.62. The van der Waals surface area contributed by atoms with E-state index in [9.17, 15) is 21.9 Å². The van der Waals surface area contributed by atoms with E-state index < -0.39 is 37.8 Å². The molecule has 118 valence electrons. The van der Waals surface area contributed by atoms with Crippen molar-refractivity contribution in [2.75, 3.05) is 18.6 Å². The summed E-state index contributed by atoms with van der Waals surface area (Å²) in [5.41, 5.74) is 1.38. The molecule has 8 heteroatoms. The number of sulfone groups is 1. The van der Waals surface area contributed by atoms with E-state index in [4.69, 9.17) is 0 Å². The Bertz CT molecular complexity index is 755. The first kappa shape index (κ1) is 16.4. The zero-order valence-corrected chi connectivity index (χ0v) is 13.8. The third kappa shape index (κ3) is 3.13. The summed E-state index contributed by atoms with van der Waals surface area (Å²) in [7, 11) is -5.94. The van der Waals surface area contributed by atoms with Crippen molar-refractivity contribution in [2.45, 2.75) is 30.9 Å². The van der Waals surface area contributed by atoms with Gasteiger partial charge in [0.1, 0.15) is 0 Å². The SMILES string of the molecule is Cc1ccc(C)c(S(=O)(=O)N(C)[C@H]2CS(=O)(=O)C[C@H]2O)c1. The molecule has 1 aromatic rings. The van der Waals surface area contributed by atoms with E-state index in [2.05, 4.69) is 0 Å². The predicted molar refractivity (Wildman–Crippen MR) is 79.3 cm³/mol. The van der Waals surface area contributed by atoms with Gasteiger partial charge in [0.05, 0.1) is 28.5 Å². The van der Waals surface area contributed by atoms with E-state index in [-0.39, 0.29) is 10.6 Å². The van der Waals surface area contributed by atoms with Crippen LogP contribution in [0.4, 0.5) is 0 Å². The highest BCUT2D eigenvalue weighted by atomic mass is 32.2. The minimum Gasteiger partial charge on any atom is -0.390 e. The van der Waals surface area contributed by atoms with Crippen molar-refractivity contribution in [1.82, 2.24) is 4.31 Å². The van der Waals surface area contributed by atoms with Crippen LogP contribution in [0, 0.1) is 13.8 Å². The Morgan fingerprint density at radius 2 is 1.86 bits per heavy atom. The van der Waals surface area contributed by atoms with Crippen molar-refractivity contribution in [2.24, 2.45) is 0 Å². The number of aliphatic hydroxyl groups excluding tert-OH is 1. The molecule has 2 rings (SSSR count). The molecule has 0 saturated carbocycles. The number of sulfonamides is 1. The average Bonchev–Trinajstić information content (AvgIpc) is 2.64. The number of benzene rings is 1. The van der Waals surface area contributed by atoms with Gasteiger partial charge in [-0.05, 0) is 31.0 Å². The van der Waals surface area contributed by atoms with E-state index in [0.29, 0.717) is 5.56 Å². The number of rotatable bonds is 3. The van der Waals surface area contributed by atoms with Crippen molar-refractivity contribution < 1.29 is 21.9 Å². The number of hydrogen-bond acceptors (Lipinski definition) is 5. The molecule has 1 aliphatic rings. The zero-order chi connectivity index (χ0) is 16.0. The fourth-order valence-corrected chi connectivity index (χ4v) is 6.11. The van der Waals surface area contributed by atoms with Crippen LogP contribution in [-0.2, 0) is 19.9 Å². The lowest BCUT2D eigenvalue weighted by Crippen LogP contribution is -2.44. The Hall–Kier alpha value is -0.960. The van der Waals surface area contributed by atoms with Crippen LogP contribution >= 0.6 is 0 Å². The monoisotopic (exact) mass is 333 g/mol. The van der Waals surface area contributed by atoms with Crippen LogP contribution < -0.4 is 0 Å². The molecule has 2 atom stereocenters. The fourth-order valence-electron chi connectivity index (χ4n) is 2.48. The molecule has 1 saturated heterocycles. The number of hydrogen-bond donors (Lipinski definition) is 1.